The molecule has 0 aliphatic heterocycles. The summed E-state index contributed by atoms with van der Waals surface area (Å²) in [5.74, 6) is 0. The molecule has 1 aromatic rings. The highest BCUT2D eigenvalue weighted by molar-refractivity contribution is 5.13. The maximum Gasteiger partial charge on any atom is 0.0967 e. The van der Waals surface area contributed by atoms with Crippen LogP contribution in [0, 0.1) is 0 Å². The minimum Gasteiger partial charge on any atom is -0.366 e. The van der Waals surface area contributed by atoms with Crippen molar-refractivity contribution < 1.29 is 4.74 Å². The molecule has 0 unspecified atom stereocenters. The molecule has 1 N–H and O–H groups in total. The van der Waals surface area contributed by atoms with Gasteiger partial charge in [-0.05, 0) is 12.0 Å². The van der Waals surface area contributed by atoms with Gasteiger partial charge in [-0.25, -0.2) is 0 Å². The van der Waals surface area contributed by atoms with E-state index in [1.807, 2.05) is 6.07 Å². The lowest BCUT2D eigenvalue weighted by Gasteiger charge is -2.05. The van der Waals surface area contributed by atoms with Crippen LogP contribution in [-0.4, -0.2) is 13.3 Å². The fourth-order valence-electron chi connectivity index (χ4n) is 1.18. The van der Waals surface area contributed by atoms with Gasteiger partial charge in [-0.1, -0.05) is 43.7 Å². The molecule has 0 radical (unpaired) electrons. The minimum absolute atomic E-state index is 0.648. The number of hydrogen-bond donors (Lipinski definition) is 1. The molecule has 0 spiro atoms. The number of ether oxygens (including phenoxy) is 1. The second-order valence-corrected chi connectivity index (χ2v) is 3.32. The van der Waals surface area contributed by atoms with Crippen molar-refractivity contribution in [3.63, 3.8) is 0 Å². The Hall–Kier alpha value is -0.860. The van der Waals surface area contributed by atoms with E-state index in [2.05, 4.69) is 36.5 Å². The average molecular weight is 193 g/mol. The Morgan fingerprint density at radius 3 is 2.71 bits per heavy atom. The molecule has 0 heterocycles. The molecule has 1 aromatic carbocycles. The van der Waals surface area contributed by atoms with Gasteiger partial charge in [0.1, 0.15) is 0 Å². The topological polar surface area (TPSA) is 21.3 Å². The van der Waals surface area contributed by atoms with Crippen molar-refractivity contribution in [1.82, 2.24) is 5.32 Å². The molecule has 0 aromatic heterocycles. The van der Waals surface area contributed by atoms with Gasteiger partial charge in [-0.15, -0.1) is 0 Å². The van der Waals surface area contributed by atoms with Crippen molar-refractivity contribution >= 4 is 0 Å². The summed E-state index contributed by atoms with van der Waals surface area (Å²) < 4.78 is 5.38. The van der Waals surface area contributed by atoms with E-state index in [1.54, 1.807) is 0 Å². The molecule has 2 nitrogen and oxygen atoms in total. The van der Waals surface area contributed by atoms with Crippen LogP contribution in [-0.2, 0) is 11.3 Å². The van der Waals surface area contributed by atoms with E-state index < -0.39 is 0 Å². The summed E-state index contributed by atoms with van der Waals surface area (Å²) >= 11 is 0. The van der Waals surface area contributed by atoms with Gasteiger partial charge in [0.15, 0.2) is 0 Å². The predicted octanol–water partition coefficient (Wildman–Crippen LogP) is 2.55. The van der Waals surface area contributed by atoms with E-state index >= 15 is 0 Å². The third-order valence-corrected chi connectivity index (χ3v) is 2.02. The highest BCUT2D eigenvalue weighted by Crippen LogP contribution is 1.96. The molecule has 0 saturated carbocycles. The van der Waals surface area contributed by atoms with Crippen LogP contribution in [0.25, 0.3) is 0 Å². The van der Waals surface area contributed by atoms with Gasteiger partial charge in [0, 0.05) is 13.2 Å². The summed E-state index contributed by atoms with van der Waals surface area (Å²) in [5, 5.41) is 3.24. The largest absolute Gasteiger partial charge is 0.366 e. The van der Waals surface area contributed by atoms with Crippen LogP contribution in [0.1, 0.15) is 25.3 Å². The standard InChI is InChI=1S/C12H19NO/c1-2-3-9-14-11-13-10-12-7-5-4-6-8-12/h4-8,13H,2-3,9-11H2,1H3. The van der Waals surface area contributed by atoms with Crippen molar-refractivity contribution in [2.24, 2.45) is 0 Å². The zero-order chi connectivity index (χ0) is 10.1. The van der Waals surface area contributed by atoms with Crippen LogP contribution >= 0.6 is 0 Å². The first-order valence-electron chi connectivity index (χ1n) is 5.26. The molecule has 78 valence electrons. The van der Waals surface area contributed by atoms with Crippen molar-refractivity contribution in [3.8, 4) is 0 Å². The lowest BCUT2D eigenvalue weighted by Crippen LogP contribution is -2.17. The number of hydrogen-bond acceptors (Lipinski definition) is 2. The fourth-order valence-corrected chi connectivity index (χ4v) is 1.18. The Morgan fingerprint density at radius 2 is 2.00 bits per heavy atom. The first-order chi connectivity index (χ1) is 6.93. The first kappa shape index (κ1) is 11.2. The summed E-state index contributed by atoms with van der Waals surface area (Å²) in [5.41, 5.74) is 1.30. The third-order valence-electron chi connectivity index (χ3n) is 2.02. The van der Waals surface area contributed by atoms with Crippen LogP contribution in [0.4, 0.5) is 0 Å². The molecule has 2 heteroatoms. The molecule has 0 saturated heterocycles. The van der Waals surface area contributed by atoms with Gasteiger partial charge in [-0.3, -0.25) is 5.32 Å². The second-order valence-electron chi connectivity index (χ2n) is 3.32. The molecule has 1 rings (SSSR count). The first-order valence-corrected chi connectivity index (χ1v) is 5.26. The quantitative estimate of drug-likeness (QED) is 0.531. The average Bonchev–Trinajstić information content (AvgIpc) is 2.25. The monoisotopic (exact) mass is 193 g/mol. The summed E-state index contributed by atoms with van der Waals surface area (Å²) in [6.07, 6.45) is 2.34. The summed E-state index contributed by atoms with van der Waals surface area (Å²) in [6, 6.07) is 10.4. The Bertz CT molecular complexity index is 223. The number of unbranched alkanes of at least 4 members (excludes halogenated alkanes) is 1. The van der Waals surface area contributed by atoms with E-state index in [-0.39, 0.29) is 0 Å². The SMILES string of the molecule is CCCCOCNCc1ccccc1. The molecule has 0 atom stereocenters. The van der Waals surface area contributed by atoms with Gasteiger partial charge in [0.2, 0.25) is 0 Å². The zero-order valence-electron chi connectivity index (χ0n) is 8.83. The smallest absolute Gasteiger partial charge is 0.0967 e. The van der Waals surface area contributed by atoms with Crippen molar-refractivity contribution in [3.05, 3.63) is 35.9 Å². The zero-order valence-corrected chi connectivity index (χ0v) is 8.83. The molecule has 0 aliphatic rings. The van der Waals surface area contributed by atoms with Crippen LogP contribution < -0.4 is 5.32 Å². The summed E-state index contributed by atoms with van der Waals surface area (Å²) in [6.45, 7) is 4.56. The molecule has 0 aliphatic carbocycles. The van der Waals surface area contributed by atoms with Crippen LogP contribution in [0.3, 0.4) is 0 Å². The van der Waals surface area contributed by atoms with E-state index in [0.717, 1.165) is 19.6 Å². The van der Waals surface area contributed by atoms with Crippen LogP contribution in [0.2, 0.25) is 0 Å². The highest BCUT2D eigenvalue weighted by Gasteiger charge is 1.90. The summed E-state index contributed by atoms with van der Waals surface area (Å²) in [4.78, 5) is 0. The number of rotatable bonds is 7. The molecular weight excluding hydrogens is 174 g/mol. The lowest BCUT2D eigenvalue weighted by atomic mass is 10.2. The number of nitrogens with one attached hydrogen (secondary N) is 1. The fraction of sp³-hybridized carbons (Fsp3) is 0.500. The maximum absolute atomic E-state index is 5.38. The van der Waals surface area contributed by atoms with Crippen LogP contribution in [0.5, 0.6) is 0 Å². The highest BCUT2D eigenvalue weighted by atomic mass is 16.5. The Balaban J connectivity index is 1.99. The van der Waals surface area contributed by atoms with E-state index in [4.69, 9.17) is 4.74 Å². The van der Waals surface area contributed by atoms with Gasteiger partial charge in [0.05, 0.1) is 6.73 Å². The Labute approximate surface area is 86.3 Å². The molecule has 14 heavy (non-hydrogen) atoms. The molecule has 0 bridgehead atoms. The number of benzene rings is 1. The Morgan fingerprint density at radius 1 is 1.21 bits per heavy atom. The lowest BCUT2D eigenvalue weighted by molar-refractivity contribution is 0.113. The van der Waals surface area contributed by atoms with E-state index in [9.17, 15) is 0 Å². The molecule has 0 amide bonds. The van der Waals surface area contributed by atoms with Crippen molar-refractivity contribution in [2.75, 3.05) is 13.3 Å². The molecule has 0 fully saturated rings. The predicted molar refractivity (Wildman–Crippen MR) is 59.0 cm³/mol. The third kappa shape index (κ3) is 5.00. The van der Waals surface area contributed by atoms with Gasteiger partial charge < -0.3 is 4.74 Å². The van der Waals surface area contributed by atoms with Crippen molar-refractivity contribution in [1.29, 1.82) is 0 Å². The minimum atomic E-state index is 0.648. The second kappa shape index (κ2) is 7.54. The maximum atomic E-state index is 5.38. The Kier molecular flexibility index (Phi) is 6.04. The van der Waals surface area contributed by atoms with E-state index in [0.29, 0.717) is 6.73 Å². The summed E-state index contributed by atoms with van der Waals surface area (Å²) in [7, 11) is 0. The van der Waals surface area contributed by atoms with E-state index in [1.165, 1.54) is 12.0 Å². The molecular formula is C12H19NO. The van der Waals surface area contributed by atoms with Crippen LogP contribution in [0.15, 0.2) is 30.3 Å². The van der Waals surface area contributed by atoms with Gasteiger partial charge >= 0.3 is 0 Å². The normalized spacial score (nSPS) is 10.4. The van der Waals surface area contributed by atoms with Gasteiger partial charge in [-0.2, -0.15) is 0 Å². The van der Waals surface area contributed by atoms with Gasteiger partial charge in [0.25, 0.3) is 0 Å². The van der Waals surface area contributed by atoms with Crippen molar-refractivity contribution in [2.45, 2.75) is 26.3 Å².